The van der Waals surface area contributed by atoms with Crippen molar-refractivity contribution in [3.05, 3.63) is 91.9 Å². The molecular formula is C27H27IN2O3S. The summed E-state index contributed by atoms with van der Waals surface area (Å²) in [6.45, 7) is 5.06. The van der Waals surface area contributed by atoms with Crippen LogP contribution in [0, 0.1) is 3.57 Å². The van der Waals surface area contributed by atoms with Crippen molar-refractivity contribution in [2.75, 3.05) is 11.9 Å². The van der Waals surface area contributed by atoms with E-state index >= 15 is 0 Å². The first-order chi connectivity index (χ1) is 16.6. The molecule has 0 saturated carbocycles. The third kappa shape index (κ3) is 6.27. The summed E-state index contributed by atoms with van der Waals surface area (Å²) in [5, 5.41) is 6.36. The summed E-state index contributed by atoms with van der Waals surface area (Å²) < 4.78 is 12.9. The molecule has 5 nitrogen and oxygen atoms in total. The van der Waals surface area contributed by atoms with E-state index in [2.05, 4.69) is 52.3 Å². The maximum atomic E-state index is 12.6. The molecule has 3 aromatic rings. The number of ether oxygens (including phenoxy) is 2. The number of anilines is 1. The van der Waals surface area contributed by atoms with Gasteiger partial charge in [-0.3, -0.25) is 4.79 Å². The summed E-state index contributed by atoms with van der Waals surface area (Å²) in [6, 6.07) is 22.2. The number of hydrogen-bond acceptors (Lipinski definition) is 5. The average molecular weight is 586 g/mol. The van der Waals surface area contributed by atoms with Gasteiger partial charge in [0.15, 0.2) is 17.0 Å². The Kier molecular flexibility index (Phi) is 8.39. The highest BCUT2D eigenvalue weighted by molar-refractivity contribution is 14.1. The molecule has 1 amide bonds. The number of aryl methyl sites for hydroxylation is 1. The molecule has 0 spiro atoms. The van der Waals surface area contributed by atoms with Gasteiger partial charge in [-0.1, -0.05) is 61.2 Å². The van der Waals surface area contributed by atoms with Crippen molar-refractivity contribution in [1.29, 1.82) is 0 Å². The molecule has 0 radical (unpaired) electrons. The second kappa shape index (κ2) is 11.7. The van der Waals surface area contributed by atoms with E-state index in [1.165, 1.54) is 17.3 Å². The summed E-state index contributed by atoms with van der Waals surface area (Å²) in [5.74, 6) is 1.29. The lowest BCUT2D eigenvalue weighted by atomic mass is 10.1. The Labute approximate surface area is 218 Å². The number of carbonyl (C=O) groups is 1. The molecule has 1 aliphatic heterocycles. The summed E-state index contributed by atoms with van der Waals surface area (Å²) in [6.07, 6.45) is 2.90. The van der Waals surface area contributed by atoms with E-state index in [1.54, 1.807) is 0 Å². The van der Waals surface area contributed by atoms with Gasteiger partial charge in [-0.25, -0.2) is 0 Å². The van der Waals surface area contributed by atoms with Gasteiger partial charge in [0.2, 0.25) is 0 Å². The van der Waals surface area contributed by atoms with Crippen molar-refractivity contribution in [3.63, 3.8) is 0 Å². The fraction of sp³-hybridized carbons (Fsp3) is 0.222. The molecule has 4 rings (SSSR count). The number of amides is 1. The van der Waals surface area contributed by atoms with Crippen LogP contribution in [0.15, 0.2) is 71.6 Å². The third-order valence-electron chi connectivity index (χ3n) is 5.25. The van der Waals surface area contributed by atoms with Crippen LogP contribution in [0.4, 0.5) is 5.69 Å². The summed E-state index contributed by atoms with van der Waals surface area (Å²) in [5.41, 5.74) is 4.03. The van der Waals surface area contributed by atoms with Crippen molar-refractivity contribution in [3.8, 4) is 11.5 Å². The van der Waals surface area contributed by atoms with E-state index in [0.717, 1.165) is 26.8 Å². The standard InChI is InChI=1S/C27H27IN2O3S/c1-3-18-10-12-21(13-11-18)29-27-30-26(31)24(34-27)16-20-14-22(28)25(23(15-20)32-4-2)33-17-19-8-6-5-7-9-19/h5-16,27,29H,3-4,17H2,1-2H3,(H,30,31)/b24-16-/t27-/m0/s1. The molecule has 2 N–H and O–H groups in total. The lowest BCUT2D eigenvalue weighted by molar-refractivity contribution is -0.116. The number of hydrogen-bond donors (Lipinski definition) is 2. The van der Waals surface area contributed by atoms with Crippen molar-refractivity contribution in [2.24, 2.45) is 0 Å². The largest absolute Gasteiger partial charge is 0.490 e. The molecule has 0 aromatic heterocycles. The minimum atomic E-state index is -0.217. The Balaban J connectivity index is 1.49. The summed E-state index contributed by atoms with van der Waals surface area (Å²) in [4.78, 5) is 13.3. The number of carbonyl (C=O) groups excluding carboxylic acids is 1. The first-order valence-electron chi connectivity index (χ1n) is 11.2. The Hall–Kier alpha value is -2.65. The molecule has 0 unspecified atom stereocenters. The topological polar surface area (TPSA) is 59.6 Å². The molecule has 3 aromatic carbocycles. The molecule has 0 bridgehead atoms. The van der Waals surface area contributed by atoms with E-state index < -0.39 is 0 Å². The lowest BCUT2D eigenvalue weighted by Crippen LogP contribution is -2.30. The van der Waals surface area contributed by atoms with Crippen molar-refractivity contribution >= 4 is 52.0 Å². The monoisotopic (exact) mass is 586 g/mol. The van der Waals surface area contributed by atoms with Crippen LogP contribution < -0.4 is 20.1 Å². The van der Waals surface area contributed by atoms with Gasteiger partial charge in [-0.2, -0.15) is 0 Å². The molecule has 1 atom stereocenters. The maximum absolute atomic E-state index is 12.6. The summed E-state index contributed by atoms with van der Waals surface area (Å²) >= 11 is 3.73. The summed E-state index contributed by atoms with van der Waals surface area (Å²) in [7, 11) is 0. The second-order valence-electron chi connectivity index (χ2n) is 7.71. The van der Waals surface area contributed by atoms with Crippen LogP contribution in [0.1, 0.15) is 30.5 Å². The molecule has 176 valence electrons. The zero-order valence-corrected chi connectivity index (χ0v) is 22.1. The highest BCUT2D eigenvalue weighted by Gasteiger charge is 2.27. The van der Waals surface area contributed by atoms with Crippen LogP contribution in [-0.4, -0.2) is 18.0 Å². The Morgan fingerprint density at radius 2 is 1.79 bits per heavy atom. The fourth-order valence-corrected chi connectivity index (χ4v) is 5.27. The molecular weight excluding hydrogens is 559 g/mol. The van der Waals surface area contributed by atoms with Crippen LogP contribution in [-0.2, 0) is 17.8 Å². The zero-order chi connectivity index (χ0) is 23.9. The molecule has 0 aliphatic carbocycles. The van der Waals surface area contributed by atoms with Gasteiger partial charge >= 0.3 is 0 Å². The Morgan fingerprint density at radius 1 is 1.03 bits per heavy atom. The number of thioether (sulfide) groups is 1. The number of rotatable bonds is 9. The minimum absolute atomic E-state index is 0.0925. The minimum Gasteiger partial charge on any atom is -0.490 e. The Bertz CT molecular complexity index is 1170. The van der Waals surface area contributed by atoms with Gasteiger partial charge < -0.3 is 20.1 Å². The van der Waals surface area contributed by atoms with Crippen LogP contribution >= 0.6 is 34.4 Å². The lowest BCUT2D eigenvalue weighted by Gasteiger charge is -2.15. The van der Waals surface area contributed by atoms with Crippen LogP contribution in [0.2, 0.25) is 0 Å². The second-order valence-corrected chi connectivity index (χ2v) is 10.0. The normalized spacial score (nSPS) is 16.4. The van der Waals surface area contributed by atoms with Gasteiger partial charge in [-0.15, -0.1) is 0 Å². The number of benzene rings is 3. The SMILES string of the molecule is CCOc1cc(/C=C2\S[C@@H](Nc3ccc(CC)cc3)NC2=O)cc(I)c1OCc1ccccc1. The van der Waals surface area contributed by atoms with E-state index in [4.69, 9.17) is 9.47 Å². The predicted molar refractivity (Wildman–Crippen MR) is 148 cm³/mol. The van der Waals surface area contributed by atoms with Crippen molar-refractivity contribution < 1.29 is 14.3 Å². The van der Waals surface area contributed by atoms with Gasteiger partial charge in [0.05, 0.1) is 15.1 Å². The van der Waals surface area contributed by atoms with Crippen LogP contribution in [0.25, 0.3) is 6.08 Å². The number of halogens is 1. The van der Waals surface area contributed by atoms with Crippen molar-refractivity contribution in [2.45, 2.75) is 32.4 Å². The highest BCUT2D eigenvalue weighted by atomic mass is 127. The number of nitrogens with one attached hydrogen (secondary N) is 2. The van der Waals surface area contributed by atoms with Gasteiger partial charge in [-0.05, 0) is 83.0 Å². The average Bonchev–Trinajstić information content (AvgIpc) is 3.18. The van der Waals surface area contributed by atoms with Crippen LogP contribution in [0.5, 0.6) is 11.5 Å². The molecule has 34 heavy (non-hydrogen) atoms. The zero-order valence-electron chi connectivity index (χ0n) is 19.1. The molecule has 1 aliphatic rings. The Morgan fingerprint density at radius 3 is 2.50 bits per heavy atom. The van der Waals surface area contributed by atoms with Crippen molar-refractivity contribution in [1.82, 2.24) is 5.32 Å². The van der Waals surface area contributed by atoms with E-state index in [0.29, 0.717) is 29.6 Å². The van der Waals surface area contributed by atoms with Gasteiger partial charge in [0.25, 0.3) is 5.91 Å². The molecule has 1 saturated heterocycles. The molecule has 1 fully saturated rings. The molecule has 7 heteroatoms. The van der Waals surface area contributed by atoms with E-state index in [1.807, 2.05) is 67.6 Å². The first-order valence-corrected chi connectivity index (χ1v) is 13.2. The maximum Gasteiger partial charge on any atom is 0.260 e. The predicted octanol–water partition coefficient (Wildman–Crippen LogP) is 6.43. The van der Waals surface area contributed by atoms with Gasteiger partial charge in [0, 0.05) is 5.69 Å². The van der Waals surface area contributed by atoms with E-state index in [-0.39, 0.29) is 11.4 Å². The first kappa shape index (κ1) is 24.5. The third-order valence-corrected chi connectivity index (χ3v) is 7.08. The smallest absolute Gasteiger partial charge is 0.260 e. The highest BCUT2D eigenvalue weighted by Crippen LogP contribution is 2.37. The molecule has 1 heterocycles. The van der Waals surface area contributed by atoms with Crippen LogP contribution in [0.3, 0.4) is 0 Å². The van der Waals surface area contributed by atoms with Gasteiger partial charge in [0.1, 0.15) is 6.61 Å². The fourth-order valence-electron chi connectivity index (χ4n) is 3.51. The van der Waals surface area contributed by atoms with E-state index in [9.17, 15) is 4.79 Å². The quantitative estimate of drug-likeness (QED) is 0.224.